The summed E-state index contributed by atoms with van der Waals surface area (Å²) in [5, 5.41) is 13.9. The number of hydrogen-bond acceptors (Lipinski definition) is 2. The van der Waals surface area contributed by atoms with E-state index in [2.05, 4.69) is 39.4 Å². The molecule has 0 spiro atoms. The molecule has 0 radical (unpaired) electrons. The fraction of sp³-hybridized carbons (Fsp3) is 0.600. The maximum Gasteiger partial charge on any atom is 0.0766 e. The Hall–Kier alpha value is -0.380. The first-order valence-corrected chi connectivity index (χ1v) is 7.62. The Bertz CT molecular complexity index is 415. The number of halogens is 1. The van der Waals surface area contributed by atoms with E-state index in [4.69, 9.17) is 0 Å². The Labute approximate surface area is 118 Å². The van der Waals surface area contributed by atoms with Gasteiger partial charge in [0.25, 0.3) is 0 Å². The van der Waals surface area contributed by atoms with Crippen LogP contribution in [0, 0.1) is 0 Å². The molecule has 1 aliphatic rings. The Morgan fingerprint density at radius 3 is 2.78 bits per heavy atom. The molecule has 100 valence electrons. The zero-order valence-corrected chi connectivity index (χ0v) is 12.8. The van der Waals surface area contributed by atoms with E-state index in [9.17, 15) is 5.11 Å². The van der Waals surface area contributed by atoms with Gasteiger partial charge in [0.1, 0.15) is 0 Å². The number of rotatable bonds is 5. The molecule has 0 bridgehead atoms. The van der Waals surface area contributed by atoms with Crippen molar-refractivity contribution < 1.29 is 5.11 Å². The minimum absolute atomic E-state index is 0.391. The fourth-order valence-electron chi connectivity index (χ4n) is 2.63. The largest absolute Gasteiger partial charge is 0.389 e. The van der Waals surface area contributed by atoms with Crippen LogP contribution in [0.5, 0.6) is 0 Å². The lowest BCUT2D eigenvalue weighted by atomic mass is 9.96. The molecule has 1 aliphatic carbocycles. The van der Waals surface area contributed by atoms with E-state index in [-0.39, 0.29) is 0 Å². The van der Waals surface area contributed by atoms with Crippen LogP contribution in [0.2, 0.25) is 0 Å². The minimum Gasteiger partial charge on any atom is -0.389 e. The van der Waals surface area contributed by atoms with Gasteiger partial charge in [-0.05, 0) is 42.9 Å². The van der Waals surface area contributed by atoms with Crippen LogP contribution in [-0.4, -0.2) is 17.3 Å². The highest BCUT2D eigenvalue weighted by Gasteiger charge is 2.27. The van der Waals surface area contributed by atoms with Crippen LogP contribution in [0.25, 0.3) is 0 Å². The number of fused-ring (bicyclic) bond motifs is 1. The Morgan fingerprint density at radius 2 is 2.11 bits per heavy atom. The minimum atomic E-state index is -0.561. The molecule has 3 heteroatoms. The highest BCUT2D eigenvalue weighted by molar-refractivity contribution is 9.10. The summed E-state index contributed by atoms with van der Waals surface area (Å²) in [5.41, 5.74) is 2.25. The second-order valence-electron chi connectivity index (χ2n) is 5.21. The molecule has 0 heterocycles. The molecular weight excluding hydrogens is 290 g/mol. The van der Waals surface area contributed by atoms with Crippen molar-refractivity contribution in [3.05, 3.63) is 33.8 Å². The highest BCUT2D eigenvalue weighted by Crippen LogP contribution is 2.35. The van der Waals surface area contributed by atoms with Crippen molar-refractivity contribution in [2.24, 2.45) is 0 Å². The molecule has 0 saturated heterocycles. The SMILES string of the molecule is CCC(O)(CC)CNC1CCc2c(Br)cccc21. The van der Waals surface area contributed by atoms with Gasteiger partial charge in [-0.25, -0.2) is 0 Å². The molecular formula is C15H22BrNO. The van der Waals surface area contributed by atoms with Crippen molar-refractivity contribution >= 4 is 15.9 Å². The second kappa shape index (κ2) is 5.72. The first kappa shape index (κ1) is 14.0. The summed E-state index contributed by atoms with van der Waals surface area (Å²) < 4.78 is 1.21. The topological polar surface area (TPSA) is 32.3 Å². The molecule has 0 amide bonds. The van der Waals surface area contributed by atoms with Crippen LogP contribution in [0.1, 0.15) is 50.3 Å². The fourth-order valence-corrected chi connectivity index (χ4v) is 3.21. The van der Waals surface area contributed by atoms with Gasteiger partial charge in [-0.15, -0.1) is 0 Å². The van der Waals surface area contributed by atoms with E-state index in [1.54, 1.807) is 0 Å². The Kier molecular flexibility index (Phi) is 4.46. The van der Waals surface area contributed by atoms with Gasteiger partial charge in [0.2, 0.25) is 0 Å². The van der Waals surface area contributed by atoms with E-state index >= 15 is 0 Å². The third-order valence-electron chi connectivity index (χ3n) is 4.21. The lowest BCUT2D eigenvalue weighted by molar-refractivity contribution is 0.0298. The van der Waals surface area contributed by atoms with Crippen molar-refractivity contribution in [3.63, 3.8) is 0 Å². The van der Waals surface area contributed by atoms with Gasteiger partial charge in [0.15, 0.2) is 0 Å². The number of benzene rings is 1. The molecule has 0 aromatic heterocycles. The number of hydrogen-bond donors (Lipinski definition) is 2. The molecule has 1 aromatic carbocycles. The first-order chi connectivity index (χ1) is 8.59. The molecule has 0 fully saturated rings. The zero-order valence-electron chi connectivity index (χ0n) is 11.2. The molecule has 2 N–H and O–H groups in total. The van der Waals surface area contributed by atoms with Crippen LogP contribution >= 0.6 is 15.9 Å². The van der Waals surface area contributed by atoms with E-state index in [1.807, 2.05) is 13.8 Å². The second-order valence-corrected chi connectivity index (χ2v) is 6.07. The van der Waals surface area contributed by atoms with Crippen LogP contribution in [-0.2, 0) is 6.42 Å². The lowest BCUT2D eigenvalue weighted by Crippen LogP contribution is -2.40. The molecule has 2 nitrogen and oxygen atoms in total. The average molecular weight is 312 g/mol. The first-order valence-electron chi connectivity index (χ1n) is 6.82. The van der Waals surface area contributed by atoms with E-state index < -0.39 is 5.60 Å². The van der Waals surface area contributed by atoms with Gasteiger partial charge in [-0.1, -0.05) is 41.9 Å². The van der Waals surface area contributed by atoms with E-state index in [0.717, 1.165) is 25.7 Å². The third-order valence-corrected chi connectivity index (χ3v) is 4.95. The summed E-state index contributed by atoms with van der Waals surface area (Å²) in [6, 6.07) is 6.79. The zero-order chi connectivity index (χ0) is 13.2. The van der Waals surface area contributed by atoms with Crippen LogP contribution < -0.4 is 5.32 Å². The molecule has 1 unspecified atom stereocenters. The summed E-state index contributed by atoms with van der Waals surface area (Å²) >= 11 is 3.62. The van der Waals surface area contributed by atoms with Gasteiger partial charge < -0.3 is 10.4 Å². The van der Waals surface area contributed by atoms with Gasteiger partial charge >= 0.3 is 0 Å². The Morgan fingerprint density at radius 1 is 1.39 bits per heavy atom. The smallest absolute Gasteiger partial charge is 0.0766 e. The van der Waals surface area contributed by atoms with Crippen LogP contribution in [0.15, 0.2) is 22.7 Å². The van der Waals surface area contributed by atoms with Crippen molar-refractivity contribution in [2.45, 2.75) is 51.2 Å². The Balaban J connectivity index is 2.04. The lowest BCUT2D eigenvalue weighted by Gasteiger charge is -2.27. The molecule has 0 aliphatic heterocycles. The van der Waals surface area contributed by atoms with E-state index in [0.29, 0.717) is 12.6 Å². The quantitative estimate of drug-likeness (QED) is 0.871. The predicted molar refractivity (Wildman–Crippen MR) is 78.7 cm³/mol. The van der Waals surface area contributed by atoms with Crippen molar-refractivity contribution in [1.82, 2.24) is 5.32 Å². The molecule has 18 heavy (non-hydrogen) atoms. The summed E-state index contributed by atoms with van der Waals surface area (Å²) in [4.78, 5) is 0. The van der Waals surface area contributed by atoms with Crippen molar-refractivity contribution in [3.8, 4) is 0 Å². The van der Waals surface area contributed by atoms with Gasteiger partial charge in [-0.3, -0.25) is 0 Å². The van der Waals surface area contributed by atoms with Crippen molar-refractivity contribution in [1.29, 1.82) is 0 Å². The number of nitrogens with one attached hydrogen (secondary N) is 1. The molecule has 2 rings (SSSR count). The summed E-state index contributed by atoms with van der Waals surface area (Å²) in [7, 11) is 0. The van der Waals surface area contributed by atoms with Crippen LogP contribution in [0.3, 0.4) is 0 Å². The maximum atomic E-state index is 10.3. The summed E-state index contributed by atoms with van der Waals surface area (Å²) in [6.07, 6.45) is 3.84. The number of aliphatic hydroxyl groups is 1. The maximum absolute atomic E-state index is 10.3. The highest BCUT2D eigenvalue weighted by atomic mass is 79.9. The van der Waals surface area contributed by atoms with Gasteiger partial charge in [-0.2, -0.15) is 0 Å². The van der Waals surface area contributed by atoms with Gasteiger partial charge in [0.05, 0.1) is 5.60 Å². The molecule has 1 aromatic rings. The average Bonchev–Trinajstić information content (AvgIpc) is 2.81. The monoisotopic (exact) mass is 311 g/mol. The van der Waals surface area contributed by atoms with Gasteiger partial charge in [0, 0.05) is 17.1 Å². The normalized spacial score (nSPS) is 19.0. The summed E-state index contributed by atoms with van der Waals surface area (Å²) in [6.45, 7) is 4.77. The predicted octanol–water partition coefficient (Wildman–Crippen LogP) is 3.58. The van der Waals surface area contributed by atoms with Crippen LogP contribution in [0.4, 0.5) is 0 Å². The van der Waals surface area contributed by atoms with Crippen molar-refractivity contribution in [2.75, 3.05) is 6.54 Å². The standard InChI is InChI=1S/C15H22BrNO/c1-3-15(18,4-2)10-17-14-9-8-11-12(14)6-5-7-13(11)16/h5-7,14,17-18H,3-4,8-10H2,1-2H3. The molecule has 1 atom stereocenters. The summed E-state index contributed by atoms with van der Waals surface area (Å²) in [5.74, 6) is 0. The van der Waals surface area contributed by atoms with E-state index in [1.165, 1.54) is 15.6 Å². The molecule has 0 saturated carbocycles. The third kappa shape index (κ3) is 2.79.